The van der Waals surface area contributed by atoms with Crippen LogP contribution in [0.3, 0.4) is 0 Å². The van der Waals surface area contributed by atoms with E-state index in [1.54, 1.807) is 0 Å². The first-order chi connectivity index (χ1) is 8.38. The van der Waals surface area contributed by atoms with Gasteiger partial charge in [-0.05, 0) is 37.4 Å². The van der Waals surface area contributed by atoms with Crippen LogP contribution in [0.5, 0.6) is 0 Å². The number of likely N-dealkylation sites (tertiary alicyclic amines) is 1. The van der Waals surface area contributed by atoms with Crippen molar-refractivity contribution in [3.63, 3.8) is 0 Å². The molecule has 1 nitrogen and oxygen atoms in total. The molecule has 0 radical (unpaired) electrons. The minimum absolute atomic E-state index is 0.264. The summed E-state index contributed by atoms with van der Waals surface area (Å²) in [5, 5.41) is -0.264. The molecule has 1 saturated carbocycles. The molecule has 0 bridgehead atoms. The molecule has 2 atom stereocenters. The van der Waals surface area contributed by atoms with Crippen molar-refractivity contribution in [3.8, 4) is 0 Å². The van der Waals surface area contributed by atoms with Gasteiger partial charge in [0.15, 0.2) is 0 Å². The van der Waals surface area contributed by atoms with E-state index in [0.29, 0.717) is 0 Å². The van der Waals surface area contributed by atoms with E-state index in [1.165, 1.54) is 37.7 Å². The quantitative estimate of drug-likeness (QED) is 0.695. The van der Waals surface area contributed by atoms with Gasteiger partial charge in [-0.3, -0.25) is 0 Å². The largest absolute Gasteiger partial charge is 0.417 e. The zero-order valence-corrected chi connectivity index (χ0v) is 10.8. The minimum Gasteiger partial charge on any atom is -0.306 e. The van der Waals surface area contributed by atoms with Gasteiger partial charge < -0.3 is 4.90 Å². The topological polar surface area (TPSA) is 3.24 Å². The molecular weight excluding hydrogens is 263 g/mol. The van der Waals surface area contributed by atoms with Crippen molar-refractivity contribution in [3.05, 3.63) is 34.9 Å². The molecule has 1 aliphatic carbocycles. The number of piperidine rings is 1. The molecule has 1 aromatic carbocycles. The number of hydrogen-bond acceptors (Lipinski definition) is 1. The lowest BCUT2D eigenvalue weighted by Gasteiger charge is -2.06. The Morgan fingerprint density at radius 3 is 2.06 bits per heavy atom. The summed E-state index contributed by atoms with van der Waals surface area (Å²) in [6.45, 7) is 2.76. The van der Waals surface area contributed by atoms with Gasteiger partial charge in [0.1, 0.15) is 0 Å². The van der Waals surface area contributed by atoms with E-state index in [2.05, 4.69) is 11.9 Å². The normalized spacial score (nSPS) is 26.3. The Morgan fingerprint density at radius 2 is 1.72 bits per heavy atom. The van der Waals surface area contributed by atoms with Crippen LogP contribution in [-0.4, -0.2) is 25.0 Å². The molecule has 100 valence electrons. The minimum atomic E-state index is -4.35. The molecule has 3 rings (SSSR count). The van der Waals surface area contributed by atoms with Crippen molar-refractivity contribution in [1.29, 1.82) is 0 Å². The number of rotatable bonds is 0. The highest BCUT2D eigenvalue weighted by molar-refractivity contribution is 6.31. The molecule has 0 aromatic heterocycles. The van der Waals surface area contributed by atoms with Gasteiger partial charge in [-0.25, -0.2) is 0 Å². The number of fused-ring (bicyclic) bond motifs is 1. The van der Waals surface area contributed by atoms with Gasteiger partial charge in [0.2, 0.25) is 0 Å². The smallest absolute Gasteiger partial charge is 0.306 e. The van der Waals surface area contributed by atoms with Crippen LogP contribution in [0.25, 0.3) is 0 Å². The van der Waals surface area contributed by atoms with Gasteiger partial charge in [0.05, 0.1) is 10.6 Å². The summed E-state index contributed by atoms with van der Waals surface area (Å²) < 4.78 is 35.9. The molecule has 5 heteroatoms. The lowest BCUT2D eigenvalue weighted by Crippen LogP contribution is -2.15. The van der Waals surface area contributed by atoms with Crippen molar-refractivity contribution in [2.24, 2.45) is 11.8 Å². The molecule has 18 heavy (non-hydrogen) atoms. The van der Waals surface area contributed by atoms with Crippen LogP contribution in [0.1, 0.15) is 12.0 Å². The fourth-order valence-electron chi connectivity index (χ4n) is 2.32. The van der Waals surface area contributed by atoms with Crippen LogP contribution in [-0.2, 0) is 6.18 Å². The third kappa shape index (κ3) is 3.39. The van der Waals surface area contributed by atoms with Gasteiger partial charge in [-0.1, -0.05) is 23.7 Å². The molecule has 1 aromatic rings. The highest BCUT2D eigenvalue weighted by Crippen LogP contribution is 2.44. The van der Waals surface area contributed by atoms with E-state index in [1.807, 2.05) is 0 Å². The van der Waals surface area contributed by atoms with E-state index in [-0.39, 0.29) is 5.02 Å². The lowest BCUT2D eigenvalue weighted by atomic mass is 10.2. The van der Waals surface area contributed by atoms with Crippen LogP contribution in [0.15, 0.2) is 24.3 Å². The van der Waals surface area contributed by atoms with Crippen LogP contribution >= 0.6 is 11.6 Å². The first-order valence-electron chi connectivity index (χ1n) is 5.88. The molecule has 2 unspecified atom stereocenters. The Kier molecular flexibility index (Phi) is 3.87. The van der Waals surface area contributed by atoms with Crippen molar-refractivity contribution < 1.29 is 13.2 Å². The maximum Gasteiger partial charge on any atom is 0.417 e. The maximum atomic E-state index is 12.0. The second-order valence-corrected chi connectivity index (χ2v) is 5.36. The maximum absolute atomic E-state index is 12.0. The number of hydrogen-bond donors (Lipinski definition) is 0. The van der Waals surface area contributed by atoms with Crippen LogP contribution in [0.4, 0.5) is 13.2 Å². The highest BCUT2D eigenvalue weighted by atomic mass is 35.5. The van der Waals surface area contributed by atoms with Gasteiger partial charge >= 0.3 is 6.18 Å². The van der Waals surface area contributed by atoms with E-state index >= 15 is 0 Å². The Hall–Kier alpha value is -0.740. The summed E-state index contributed by atoms with van der Waals surface area (Å²) in [7, 11) is 2.21. The Balaban J connectivity index is 0.000000146. The molecule has 2 fully saturated rings. The second kappa shape index (κ2) is 5.10. The first-order valence-corrected chi connectivity index (χ1v) is 6.26. The molecule has 1 aliphatic heterocycles. The second-order valence-electron chi connectivity index (χ2n) is 4.95. The standard InChI is InChI=1S/C7H4ClF3.C6H11N/c8-6-4-2-1-3-5(6)7(9,10)11;1-7-3-5-2-6(5)4-7/h1-4H;5-6H,2-4H2,1H3. The van der Waals surface area contributed by atoms with E-state index in [4.69, 9.17) is 11.6 Å². The molecule has 1 heterocycles. The summed E-state index contributed by atoms with van der Waals surface area (Å²) in [6, 6.07) is 4.92. The third-order valence-corrected chi connectivity index (χ3v) is 3.67. The fourth-order valence-corrected chi connectivity index (χ4v) is 2.57. The predicted octanol–water partition coefficient (Wildman–Crippen LogP) is 3.93. The predicted molar refractivity (Wildman–Crippen MR) is 65.5 cm³/mol. The van der Waals surface area contributed by atoms with E-state index in [9.17, 15) is 13.2 Å². The lowest BCUT2D eigenvalue weighted by molar-refractivity contribution is -0.137. The average molecular weight is 278 g/mol. The van der Waals surface area contributed by atoms with E-state index < -0.39 is 11.7 Å². The van der Waals surface area contributed by atoms with Crippen molar-refractivity contribution >= 4 is 11.6 Å². The molecule has 1 saturated heterocycles. The van der Waals surface area contributed by atoms with Crippen LogP contribution in [0.2, 0.25) is 5.02 Å². The van der Waals surface area contributed by atoms with Crippen LogP contribution in [0, 0.1) is 11.8 Å². The molecule has 0 spiro atoms. The first kappa shape index (κ1) is 13.7. The van der Waals surface area contributed by atoms with E-state index in [0.717, 1.165) is 17.9 Å². The zero-order chi connectivity index (χ0) is 13.3. The summed E-state index contributed by atoms with van der Waals surface area (Å²) in [6.07, 6.45) is -2.82. The SMILES string of the molecule is CN1CC2CC2C1.FC(F)(F)c1ccccc1Cl. The summed E-state index contributed by atoms with van der Waals surface area (Å²) in [5.74, 6) is 2.23. The zero-order valence-electron chi connectivity index (χ0n) is 10.0. The molecular formula is C13H15ClF3N. The molecule has 0 amide bonds. The Labute approximate surface area is 110 Å². The summed E-state index contributed by atoms with van der Waals surface area (Å²) >= 11 is 5.29. The van der Waals surface area contributed by atoms with Crippen molar-refractivity contribution in [1.82, 2.24) is 4.90 Å². The number of nitrogens with zero attached hydrogens (tertiary/aromatic N) is 1. The number of alkyl halides is 3. The van der Waals surface area contributed by atoms with Gasteiger partial charge in [0, 0.05) is 13.1 Å². The Morgan fingerprint density at radius 1 is 1.17 bits per heavy atom. The fraction of sp³-hybridized carbons (Fsp3) is 0.538. The third-order valence-electron chi connectivity index (χ3n) is 3.34. The van der Waals surface area contributed by atoms with Crippen molar-refractivity contribution in [2.75, 3.05) is 20.1 Å². The van der Waals surface area contributed by atoms with Crippen molar-refractivity contribution in [2.45, 2.75) is 12.6 Å². The highest BCUT2D eigenvalue weighted by Gasteiger charge is 2.43. The molecule has 0 N–H and O–H groups in total. The number of benzene rings is 1. The monoisotopic (exact) mass is 277 g/mol. The van der Waals surface area contributed by atoms with Gasteiger partial charge in [-0.2, -0.15) is 13.2 Å². The Bertz CT molecular complexity index is 409. The summed E-state index contributed by atoms with van der Waals surface area (Å²) in [4.78, 5) is 2.43. The number of halogens is 4. The molecule has 2 aliphatic rings. The van der Waals surface area contributed by atoms with Gasteiger partial charge in [0.25, 0.3) is 0 Å². The van der Waals surface area contributed by atoms with Crippen LogP contribution < -0.4 is 0 Å². The van der Waals surface area contributed by atoms with Gasteiger partial charge in [-0.15, -0.1) is 0 Å². The summed E-state index contributed by atoms with van der Waals surface area (Å²) in [5.41, 5.74) is -0.790. The average Bonchev–Trinajstić information content (AvgIpc) is 2.86.